The van der Waals surface area contributed by atoms with Gasteiger partial charge in [0, 0.05) is 4.90 Å². The Labute approximate surface area is 136 Å². The number of nitrogens with zero attached hydrogens (tertiary/aromatic N) is 3. The van der Waals surface area contributed by atoms with Gasteiger partial charge in [0.15, 0.2) is 5.82 Å². The number of anilines is 2. The largest absolute Gasteiger partial charge is 0.416 e. The highest BCUT2D eigenvalue weighted by molar-refractivity contribution is 7.85. The third-order valence-corrected chi connectivity index (χ3v) is 4.42. The molecule has 3 aromatic rings. The lowest BCUT2D eigenvalue weighted by molar-refractivity contribution is -0.137. The zero-order valence-corrected chi connectivity index (χ0v) is 12.7. The second kappa shape index (κ2) is 5.71. The number of aromatic nitrogens is 3. The van der Waals surface area contributed by atoms with Crippen LogP contribution in [-0.2, 0) is 17.0 Å². The van der Waals surface area contributed by atoms with Gasteiger partial charge < -0.3 is 11.5 Å². The molecule has 0 aliphatic heterocycles. The Kier molecular flexibility index (Phi) is 3.84. The van der Waals surface area contributed by atoms with Crippen LogP contribution in [0.1, 0.15) is 5.56 Å². The van der Waals surface area contributed by atoms with Crippen LogP contribution in [0.2, 0.25) is 0 Å². The molecule has 3 rings (SSSR count). The smallest absolute Gasteiger partial charge is 0.382 e. The fourth-order valence-electron chi connectivity index (χ4n) is 2.05. The molecule has 6 nitrogen and oxygen atoms in total. The molecular formula is C14H10F3N5OS. The molecular weight excluding hydrogens is 343 g/mol. The van der Waals surface area contributed by atoms with Gasteiger partial charge in [0.1, 0.15) is 21.3 Å². The number of benzene rings is 1. The maximum Gasteiger partial charge on any atom is 0.416 e. The van der Waals surface area contributed by atoms with E-state index in [2.05, 4.69) is 15.0 Å². The molecule has 2 aromatic heterocycles. The van der Waals surface area contributed by atoms with Crippen LogP contribution < -0.4 is 11.5 Å². The number of hydrogen-bond donors (Lipinski definition) is 2. The van der Waals surface area contributed by atoms with Gasteiger partial charge in [-0.3, -0.25) is 0 Å². The lowest BCUT2D eigenvalue weighted by Gasteiger charge is -2.09. The number of rotatable bonds is 2. The van der Waals surface area contributed by atoms with Crippen molar-refractivity contribution < 1.29 is 17.4 Å². The van der Waals surface area contributed by atoms with Crippen molar-refractivity contribution in [2.24, 2.45) is 0 Å². The van der Waals surface area contributed by atoms with Crippen molar-refractivity contribution >= 4 is 33.6 Å². The van der Waals surface area contributed by atoms with Crippen LogP contribution in [0.4, 0.5) is 24.9 Å². The second-order valence-electron chi connectivity index (χ2n) is 4.78. The Hall–Kier alpha value is -2.75. The second-order valence-corrected chi connectivity index (χ2v) is 6.21. The number of nitrogen functional groups attached to an aromatic ring is 2. The van der Waals surface area contributed by atoms with Crippen LogP contribution in [0.5, 0.6) is 0 Å². The molecule has 4 N–H and O–H groups in total. The number of nitrogens with two attached hydrogens (primary N) is 2. The summed E-state index contributed by atoms with van der Waals surface area (Å²) in [6.45, 7) is 0. The molecule has 0 bridgehead atoms. The molecule has 0 fully saturated rings. The van der Waals surface area contributed by atoms with Gasteiger partial charge in [0.05, 0.1) is 11.1 Å². The third kappa shape index (κ3) is 3.00. The van der Waals surface area contributed by atoms with E-state index in [1.807, 2.05) is 0 Å². The first-order valence-corrected chi connectivity index (χ1v) is 7.69. The first-order valence-electron chi connectivity index (χ1n) is 6.54. The molecule has 124 valence electrons. The van der Waals surface area contributed by atoms with E-state index in [9.17, 15) is 17.4 Å². The monoisotopic (exact) mass is 353 g/mol. The van der Waals surface area contributed by atoms with Gasteiger partial charge in [-0.15, -0.1) is 0 Å². The molecule has 1 aromatic carbocycles. The molecule has 1 atom stereocenters. The summed E-state index contributed by atoms with van der Waals surface area (Å²) in [5.74, 6) is -0.0334. The summed E-state index contributed by atoms with van der Waals surface area (Å²) in [5, 5.41) is 0.0434. The summed E-state index contributed by atoms with van der Waals surface area (Å²) in [6.07, 6.45) is -4.52. The molecule has 0 amide bonds. The number of halogens is 3. The number of fused-ring (bicyclic) bond motifs is 1. The lowest BCUT2D eigenvalue weighted by Crippen LogP contribution is -2.07. The predicted molar refractivity (Wildman–Crippen MR) is 82.3 cm³/mol. The highest BCUT2D eigenvalue weighted by Gasteiger charge is 2.31. The van der Waals surface area contributed by atoms with E-state index in [0.29, 0.717) is 5.52 Å². The maximum absolute atomic E-state index is 12.8. The fourth-order valence-corrected chi connectivity index (χ4v) is 3.09. The molecule has 1 unspecified atom stereocenters. The zero-order valence-electron chi connectivity index (χ0n) is 11.9. The van der Waals surface area contributed by atoms with E-state index in [4.69, 9.17) is 11.5 Å². The Bertz CT molecular complexity index is 961. The maximum atomic E-state index is 12.8. The van der Waals surface area contributed by atoms with Crippen LogP contribution in [0.3, 0.4) is 0 Å². The first kappa shape index (κ1) is 16.1. The van der Waals surface area contributed by atoms with E-state index < -0.39 is 22.5 Å². The summed E-state index contributed by atoms with van der Waals surface area (Å²) in [7, 11) is -1.92. The molecule has 0 spiro atoms. The van der Waals surface area contributed by atoms with E-state index in [1.165, 1.54) is 24.3 Å². The number of alkyl halides is 3. The topological polar surface area (TPSA) is 108 Å². The molecule has 2 heterocycles. The van der Waals surface area contributed by atoms with Gasteiger partial charge >= 0.3 is 6.18 Å². The van der Waals surface area contributed by atoms with Gasteiger partial charge in [0.2, 0.25) is 5.95 Å². The first-order chi connectivity index (χ1) is 11.3. The summed E-state index contributed by atoms with van der Waals surface area (Å²) >= 11 is 0. The van der Waals surface area contributed by atoms with Crippen molar-refractivity contribution in [1.82, 2.24) is 15.0 Å². The minimum Gasteiger partial charge on any atom is -0.382 e. The molecule has 24 heavy (non-hydrogen) atoms. The van der Waals surface area contributed by atoms with E-state index >= 15 is 0 Å². The van der Waals surface area contributed by atoms with Gasteiger partial charge in [-0.2, -0.15) is 18.2 Å². The Balaban J connectivity index is 2.06. The summed E-state index contributed by atoms with van der Waals surface area (Å²) in [4.78, 5) is 11.8. The van der Waals surface area contributed by atoms with Crippen LogP contribution in [0.25, 0.3) is 11.0 Å². The average Bonchev–Trinajstić information content (AvgIpc) is 2.53. The number of hydrogen-bond acceptors (Lipinski definition) is 6. The van der Waals surface area contributed by atoms with Crippen LogP contribution in [-0.4, -0.2) is 19.2 Å². The zero-order chi connectivity index (χ0) is 17.5. The average molecular weight is 353 g/mol. The molecule has 0 saturated heterocycles. The van der Waals surface area contributed by atoms with Crippen molar-refractivity contribution in [1.29, 1.82) is 0 Å². The Morgan fingerprint density at radius 1 is 1.00 bits per heavy atom. The van der Waals surface area contributed by atoms with Crippen molar-refractivity contribution in [3.05, 3.63) is 42.0 Å². The van der Waals surface area contributed by atoms with E-state index in [0.717, 1.165) is 12.1 Å². The SMILES string of the molecule is Nc1nc(N)c2nc(S(=O)c3cccc(C(F)(F)F)c3)ccc2n1. The Morgan fingerprint density at radius 2 is 1.75 bits per heavy atom. The van der Waals surface area contributed by atoms with Crippen molar-refractivity contribution in [2.75, 3.05) is 11.5 Å². The minimum absolute atomic E-state index is 0.000363. The van der Waals surface area contributed by atoms with Gasteiger partial charge in [-0.25, -0.2) is 14.2 Å². The highest BCUT2D eigenvalue weighted by Crippen LogP contribution is 2.31. The highest BCUT2D eigenvalue weighted by atomic mass is 32.2. The summed E-state index contributed by atoms with van der Waals surface area (Å²) < 4.78 is 50.8. The van der Waals surface area contributed by atoms with Crippen LogP contribution in [0, 0.1) is 0 Å². The minimum atomic E-state index is -4.52. The Morgan fingerprint density at radius 3 is 2.46 bits per heavy atom. The standard InChI is InChI=1S/C14H10F3N5OS/c15-14(16,17)7-2-1-3-8(6-7)24(23)10-5-4-9-11(21-10)12(18)22-13(19)20-9/h1-6H,(H4,18,19,20,22). The molecule has 10 heteroatoms. The van der Waals surface area contributed by atoms with Gasteiger partial charge in [0.25, 0.3) is 0 Å². The lowest BCUT2D eigenvalue weighted by atomic mass is 10.2. The van der Waals surface area contributed by atoms with Crippen molar-refractivity contribution in [2.45, 2.75) is 16.1 Å². The van der Waals surface area contributed by atoms with Crippen LogP contribution in [0.15, 0.2) is 46.3 Å². The fraction of sp³-hybridized carbons (Fsp3) is 0.0714. The molecule has 0 radical (unpaired) electrons. The van der Waals surface area contributed by atoms with Gasteiger partial charge in [-0.1, -0.05) is 6.07 Å². The van der Waals surface area contributed by atoms with Crippen molar-refractivity contribution in [3.8, 4) is 0 Å². The van der Waals surface area contributed by atoms with Crippen molar-refractivity contribution in [3.63, 3.8) is 0 Å². The summed E-state index contributed by atoms with van der Waals surface area (Å²) in [6, 6.07) is 7.13. The van der Waals surface area contributed by atoms with Crippen LogP contribution >= 0.6 is 0 Å². The predicted octanol–water partition coefficient (Wildman–Crippen LogP) is 2.37. The normalized spacial score (nSPS) is 13.1. The molecule has 0 saturated carbocycles. The number of pyridine rings is 1. The summed E-state index contributed by atoms with van der Waals surface area (Å²) in [5.41, 5.74) is 10.8. The van der Waals surface area contributed by atoms with Gasteiger partial charge in [-0.05, 0) is 30.3 Å². The quantitative estimate of drug-likeness (QED) is 0.732. The molecule has 0 aliphatic carbocycles. The van der Waals surface area contributed by atoms with E-state index in [-0.39, 0.29) is 27.2 Å². The molecule has 0 aliphatic rings. The van der Waals surface area contributed by atoms with E-state index in [1.54, 1.807) is 0 Å². The third-order valence-electron chi connectivity index (χ3n) is 3.13.